The summed E-state index contributed by atoms with van der Waals surface area (Å²) in [4.78, 5) is 29.0. The Morgan fingerprint density at radius 3 is 2.29 bits per heavy atom. The van der Waals surface area contributed by atoms with Crippen LogP contribution in [0.5, 0.6) is 5.75 Å². The molecule has 1 rings (SSSR count). The molecule has 1 aromatic rings. The first-order valence-electron chi connectivity index (χ1n) is 6.86. The van der Waals surface area contributed by atoms with Gasteiger partial charge in [0.05, 0.1) is 13.7 Å². The highest BCUT2D eigenvalue weighted by Crippen LogP contribution is 2.12. The van der Waals surface area contributed by atoms with Crippen molar-refractivity contribution in [2.75, 3.05) is 13.7 Å². The molecule has 0 heterocycles. The lowest BCUT2D eigenvalue weighted by atomic mass is 10.0. The van der Waals surface area contributed by atoms with E-state index >= 15 is 0 Å². The molecule has 0 saturated heterocycles. The number of ether oxygens (including phenoxy) is 1. The van der Waals surface area contributed by atoms with Crippen molar-refractivity contribution >= 4 is 11.8 Å². The van der Waals surface area contributed by atoms with E-state index in [1.54, 1.807) is 38.3 Å². The van der Waals surface area contributed by atoms with E-state index in [2.05, 4.69) is 10.8 Å². The zero-order valence-corrected chi connectivity index (χ0v) is 12.8. The highest BCUT2D eigenvalue weighted by Gasteiger charge is 2.24. The van der Waals surface area contributed by atoms with Gasteiger partial charge in [-0.1, -0.05) is 13.8 Å². The smallest absolute Gasteiger partial charge is 0.266 e. The first-order valence-corrected chi connectivity index (χ1v) is 6.86. The fourth-order valence-electron chi connectivity index (χ4n) is 1.71. The number of amides is 2. The minimum atomic E-state index is -0.661. The average Bonchev–Trinajstić information content (AvgIpc) is 2.49. The Kier molecular flexibility index (Phi) is 6.68. The van der Waals surface area contributed by atoms with Gasteiger partial charge in [-0.3, -0.25) is 14.4 Å². The summed E-state index contributed by atoms with van der Waals surface area (Å²) < 4.78 is 5.04. The summed E-state index contributed by atoms with van der Waals surface area (Å²) in [7, 11) is 1.56. The number of carbonyl (C=O) groups is 2. The van der Waals surface area contributed by atoms with E-state index in [1.807, 2.05) is 13.8 Å². The highest BCUT2D eigenvalue weighted by atomic mass is 16.6. The van der Waals surface area contributed by atoms with Crippen LogP contribution in [0.2, 0.25) is 0 Å². The molecule has 0 aliphatic carbocycles. The summed E-state index contributed by atoms with van der Waals surface area (Å²) in [6.45, 7) is 5.83. The topological polar surface area (TPSA) is 76.7 Å². The molecule has 21 heavy (non-hydrogen) atoms. The summed E-state index contributed by atoms with van der Waals surface area (Å²) in [5, 5.41) is 2.71. The van der Waals surface area contributed by atoms with Gasteiger partial charge in [0.2, 0.25) is 0 Å². The van der Waals surface area contributed by atoms with E-state index in [-0.39, 0.29) is 17.7 Å². The Bertz CT molecular complexity index is 471. The van der Waals surface area contributed by atoms with E-state index in [0.717, 1.165) is 0 Å². The molecular weight excluding hydrogens is 272 g/mol. The third-order valence-corrected chi connectivity index (χ3v) is 2.91. The van der Waals surface area contributed by atoms with Crippen molar-refractivity contribution in [1.82, 2.24) is 10.8 Å². The summed E-state index contributed by atoms with van der Waals surface area (Å²) >= 11 is 0. The fraction of sp³-hybridized carbons (Fsp3) is 0.467. The molecule has 1 unspecified atom stereocenters. The van der Waals surface area contributed by atoms with Gasteiger partial charge >= 0.3 is 0 Å². The van der Waals surface area contributed by atoms with Gasteiger partial charge in [-0.05, 0) is 37.1 Å². The maximum absolute atomic E-state index is 12.2. The molecule has 1 atom stereocenters. The normalized spacial score (nSPS) is 11.9. The van der Waals surface area contributed by atoms with E-state index in [4.69, 9.17) is 9.57 Å². The Morgan fingerprint density at radius 2 is 1.81 bits per heavy atom. The van der Waals surface area contributed by atoms with Crippen LogP contribution in [0.4, 0.5) is 0 Å². The number of nitrogens with one attached hydrogen (secondary N) is 2. The number of carbonyl (C=O) groups excluding carboxylic acids is 2. The number of hydrogen-bond acceptors (Lipinski definition) is 4. The molecular formula is C15H22N2O4. The third kappa shape index (κ3) is 5.07. The summed E-state index contributed by atoms with van der Waals surface area (Å²) in [6.07, 6.45) is 0. The van der Waals surface area contributed by atoms with Crippen LogP contribution in [-0.4, -0.2) is 31.6 Å². The fourth-order valence-corrected chi connectivity index (χ4v) is 1.71. The number of hydrogen-bond donors (Lipinski definition) is 2. The highest BCUT2D eigenvalue weighted by molar-refractivity contribution is 5.97. The molecule has 116 valence electrons. The monoisotopic (exact) mass is 294 g/mol. The van der Waals surface area contributed by atoms with Crippen molar-refractivity contribution in [3.05, 3.63) is 29.8 Å². The Morgan fingerprint density at radius 1 is 1.19 bits per heavy atom. The van der Waals surface area contributed by atoms with E-state index in [9.17, 15) is 9.59 Å². The summed E-state index contributed by atoms with van der Waals surface area (Å²) in [6, 6.07) is 6.02. The van der Waals surface area contributed by atoms with Gasteiger partial charge < -0.3 is 10.1 Å². The molecule has 0 aliphatic heterocycles. The van der Waals surface area contributed by atoms with Crippen molar-refractivity contribution in [3.8, 4) is 5.75 Å². The van der Waals surface area contributed by atoms with Gasteiger partial charge in [0.15, 0.2) is 0 Å². The third-order valence-electron chi connectivity index (χ3n) is 2.91. The molecule has 0 radical (unpaired) electrons. The number of rotatable bonds is 7. The predicted octanol–water partition coefficient (Wildman–Crippen LogP) is 1.52. The minimum absolute atomic E-state index is 0.0624. The first-order chi connectivity index (χ1) is 9.99. The van der Waals surface area contributed by atoms with Gasteiger partial charge in [0.25, 0.3) is 11.8 Å². The molecule has 0 aliphatic rings. The van der Waals surface area contributed by atoms with E-state index in [1.165, 1.54) is 0 Å². The molecule has 0 spiro atoms. The van der Waals surface area contributed by atoms with Crippen LogP contribution in [0.25, 0.3) is 0 Å². The van der Waals surface area contributed by atoms with Crippen LogP contribution in [0.15, 0.2) is 24.3 Å². The van der Waals surface area contributed by atoms with Crippen molar-refractivity contribution < 1.29 is 19.2 Å². The maximum atomic E-state index is 12.2. The Balaban J connectivity index is 2.73. The van der Waals surface area contributed by atoms with Crippen LogP contribution >= 0.6 is 0 Å². The lowest BCUT2D eigenvalue weighted by Crippen LogP contribution is -2.49. The molecule has 0 bridgehead atoms. The van der Waals surface area contributed by atoms with Gasteiger partial charge in [-0.15, -0.1) is 0 Å². The lowest BCUT2D eigenvalue weighted by Gasteiger charge is -2.21. The van der Waals surface area contributed by atoms with E-state index in [0.29, 0.717) is 17.9 Å². The van der Waals surface area contributed by atoms with Gasteiger partial charge in [0, 0.05) is 5.56 Å². The first kappa shape index (κ1) is 17.0. The molecule has 0 saturated carbocycles. The summed E-state index contributed by atoms with van der Waals surface area (Å²) in [5.74, 6) is -0.0783. The SMILES string of the molecule is CCONC(=O)C(NC(=O)c1ccc(OC)cc1)C(C)C. The Hall–Kier alpha value is -2.08. The van der Waals surface area contributed by atoms with Crippen molar-refractivity contribution in [1.29, 1.82) is 0 Å². The van der Waals surface area contributed by atoms with Crippen LogP contribution in [-0.2, 0) is 9.63 Å². The largest absolute Gasteiger partial charge is 0.497 e. The second kappa shape index (κ2) is 8.26. The molecule has 1 aromatic carbocycles. The van der Waals surface area contributed by atoms with Crippen molar-refractivity contribution in [2.24, 2.45) is 5.92 Å². The molecule has 0 fully saturated rings. The molecule has 6 nitrogen and oxygen atoms in total. The lowest BCUT2D eigenvalue weighted by molar-refractivity contribution is -0.136. The van der Waals surface area contributed by atoms with Gasteiger partial charge in [-0.2, -0.15) is 0 Å². The predicted molar refractivity (Wildman–Crippen MR) is 78.9 cm³/mol. The van der Waals surface area contributed by atoms with Crippen LogP contribution in [0.1, 0.15) is 31.1 Å². The number of benzene rings is 1. The minimum Gasteiger partial charge on any atom is -0.497 e. The Labute approximate surface area is 124 Å². The average molecular weight is 294 g/mol. The standard InChI is InChI=1S/C15H22N2O4/c1-5-21-17-15(19)13(10(2)3)16-14(18)11-6-8-12(20-4)9-7-11/h6-10,13H,5H2,1-4H3,(H,16,18)(H,17,19). The molecule has 2 amide bonds. The second-order valence-electron chi connectivity index (χ2n) is 4.82. The van der Waals surface area contributed by atoms with Crippen molar-refractivity contribution in [3.63, 3.8) is 0 Å². The molecule has 2 N–H and O–H groups in total. The second-order valence-corrected chi connectivity index (χ2v) is 4.82. The summed E-state index contributed by atoms with van der Waals surface area (Å²) in [5.41, 5.74) is 2.78. The molecule has 0 aromatic heterocycles. The zero-order chi connectivity index (χ0) is 15.8. The van der Waals surface area contributed by atoms with Crippen molar-refractivity contribution in [2.45, 2.75) is 26.8 Å². The number of hydroxylamine groups is 1. The number of methoxy groups -OCH3 is 1. The molecule has 6 heteroatoms. The van der Waals surface area contributed by atoms with Crippen LogP contribution < -0.4 is 15.5 Å². The van der Waals surface area contributed by atoms with Gasteiger partial charge in [-0.25, -0.2) is 5.48 Å². The van der Waals surface area contributed by atoms with Crippen LogP contribution in [0.3, 0.4) is 0 Å². The van der Waals surface area contributed by atoms with E-state index < -0.39 is 6.04 Å². The zero-order valence-electron chi connectivity index (χ0n) is 12.8. The maximum Gasteiger partial charge on any atom is 0.266 e. The quantitative estimate of drug-likeness (QED) is 0.748. The van der Waals surface area contributed by atoms with Crippen LogP contribution in [0, 0.1) is 5.92 Å². The van der Waals surface area contributed by atoms with Gasteiger partial charge in [0.1, 0.15) is 11.8 Å².